The van der Waals surface area contributed by atoms with Crippen LogP contribution in [0.5, 0.6) is 0 Å². The molecule has 0 atom stereocenters. The van der Waals surface area contributed by atoms with E-state index in [9.17, 15) is 0 Å². The molecule has 0 saturated carbocycles. The molecule has 0 unspecified atom stereocenters. The SMILES string of the molecule is Clc1cccc(CN2CCN(c3ccsc3)CC2)c1. The van der Waals surface area contributed by atoms with Crippen LogP contribution >= 0.6 is 22.9 Å². The van der Waals surface area contributed by atoms with Crippen LogP contribution in [0, 0.1) is 0 Å². The lowest BCUT2D eigenvalue weighted by Gasteiger charge is -2.35. The lowest BCUT2D eigenvalue weighted by atomic mass is 10.2. The smallest absolute Gasteiger partial charge is 0.0475 e. The van der Waals surface area contributed by atoms with Crippen molar-refractivity contribution < 1.29 is 0 Å². The van der Waals surface area contributed by atoms with Crippen molar-refractivity contribution in [3.63, 3.8) is 0 Å². The summed E-state index contributed by atoms with van der Waals surface area (Å²) in [7, 11) is 0. The summed E-state index contributed by atoms with van der Waals surface area (Å²) in [5.74, 6) is 0. The Kier molecular flexibility index (Phi) is 4.06. The van der Waals surface area contributed by atoms with Crippen molar-refractivity contribution in [1.29, 1.82) is 0 Å². The average Bonchev–Trinajstić information content (AvgIpc) is 2.94. The first-order valence-electron chi connectivity index (χ1n) is 6.55. The number of nitrogens with zero attached hydrogens (tertiary/aromatic N) is 2. The highest BCUT2D eigenvalue weighted by Gasteiger charge is 2.17. The molecule has 0 N–H and O–H groups in total. The van der Waals surface area contributed by atoms with Gasteiger partial charge in [-0.05, 0) is 29.1 Å². The van der Waals surface area contributed by atoms with E-state index in [2.05, 4.69) is 38.8 Å². The molecule has 0 radical (unpaired) electrons. The number of benzene rings is 1. The predicted molar refractivity (Wildman–Crippen MR) is 83.3 cm³/mol. The second-order valence-electron chi connectivity index (χ2n) is 4.87. The molecule has 0 aliphatic carbocycles. The quantitative estimate of drug-likeness (QED) is 0.851. The van der Waals surface area contributed by atoms with Gasteiger partial charge in [0.1, 0.15) is 0 Å². The Morgan fingerprint density at radius 2 is 1.95 bits per heavy atom. The standard InChI is InChI=1S/C15H17ClN2S/c16-14-3-1-2-13(10-14)11-17-5-7-18(8-6-17)15-4-9-19-12-15/h1-4,9-10,12H,5-8,11H2. The molecule has 2 aromatic rings. The molecule has 1 aromatic carbocycles. The third-order valence-corrected chi connectivity index (χ3v) is 4.44. The average molecular weight is 293 g/mol. The lowest BCUT2D eigenvalue weighted by molar-refractivity contribution is 0.250. The molecule has 0 amide bonds. The normalized spacial score (nSPS) is 16.8. The van der Waals surface area contributed by atoms with Crippen molar-refractivity contribution >= 4 is 28.6 Å². The molecule has 1 aliphatic rings. The highest BCUT2D eigenvalue weighted by Crippen LogP contribution is 2.20. The van der Waals surface area contributed by atoms with E-state index in [1.54, 1.807) is 11.3 Å². The monoisotopic (exact) mass is 292 g/mol. The van der Waals surface area contributed by atoms with Gasteiger partial charge in [0.25, 0.3) is 0 Å². The van der Waals surface area contributed by atoms with Crippen LogP contribution in [0.25, 0.3) is 0 Å². The van der Waals surface area contributed by atoms with Crippen LogP contribution in [0.15, 0.2) is 41.1 Å². The Bertz CT molecular complexity index is 519. The van der Waals surface area contributed by atoms with Gasteiger partial charge in [-0.1, -0.05) is 23.7 Å². The van der Waals surface area contributed by atoms with Gasteiger partial charge in [-0.15, -0.1) is 0 Å². The van der Waals surface area contributed by atoms with Gasteiger partial charge in [0.05, 0.1) is 0 Å². The predicted octanol–water partition coefficient (Wildman–Crippen LogP) is 3.72. The summed E-state index contributed by atoms with van der Waals surface area (Å²) in [6.07, 6.45) is 0. The maximum Gasteiger partial charge on any atom is 0.0475 e. The van der Waals surface area contributed by atoms with Gasteiger partial charge in [0.2, 0.25) is 0 Å². The molecule has 0 spiro atoms. The fraction of sp³-hybridized carbons (Fsp3) is 0.333. The molecular formula is C15H17ClN2S. The fourth-order valence-corrected chi connectivity index (χ4v) is 3.37. The van der Waals surface area contributed by atoms with Crippen LogP contribution in [0.3, 0.4) is 0 Å². The molecule has 1 fully saturated rings. The van der Waals surface area contributed by atoms with E-state index < -0.39 is 0 Å². The van der Waals surface area contributed by atoms with Crippen LogP contribution in [0.4, 0.5) is 5.69 Å². The molecule has 4 heteroatoms. The van der Waals surface area contributed by atoms with E-state index in [0.29, 0.717) is 0 Å². The summed E-state index contributed by atoms with van der Waals surface area (Å²) in [5.41, 5.74) is 2.67. The fourth-order valence-electron chi connectivity index (χ4n) is 2.49. The van der Waals surface area contributed by atoms with Crippen molar-refractivity contribution in [2.75, 3.05) is 31.1 Å². The highest BCUT2D eigenvalue weighted by molar-refractivity contribution is 7.08. The van der Waals surface area contributed by atoms with Crippen molar-refractivity contribution in [1.82, 2.24) is 4.90 Å². The minimum absolute atomic E-state index is 0.828. The zero-order chi connectivity index (χ0) is 13.1. The van der Waals surface area contributed by atoms with Crippen LogP contribution < -0.4 is 4.90 Å². The van der Waals surface area contributed by atoms with Gasteiger partial charge in [0.15, 0.2) is 0 Å². The van der Waals surface area contributed by atoms with E-state index in [4.69, 9.17) is 11.6 Å². The first-order chi connectivity index (χ1) is 9.31. The summed E-state index contributed by atoms with van der Waals surface area (Å²) >= 11 is 7.80. The molecular weight excluding hydrogens is 276 g/mol. The Hall–Kier alpha value is -1.03. The number of piperazine rings is 1. The van der Waals surface area contributed by atoms with Crippen molar-refractivity contribution in [3.8, 4) is 0 Å². The maximum atomic E-state index is 6.03. The molecule has 100 valence electrons. The van der Waals surface area contributed by atoms with Crippen molar-refractivity contribution in [2.45, 2.75) is 6.54 Å². The minimum atomic E-state index is 0.828. The summed E-state index contributed by atoms with van der Waals surface area (Å²) in [6.45, 7) is 5.44. The van der Waals surface area contributed by atoms with E-state index in [1.807, 2.05) is 12.1 Å². The van der Waals surface area contributed by atoms with Crippen molar-refractivity contribution in [3.05, 3.63) is 51.7 Å². The third-order valence-electron chi connectivity index (χ3n) is 3.54. The number of anilines is 1. The van der Waals surface area contributed by atoms with Crippen LogP contribution in [-0.2, 0) is 6.54 Å². The Morgan fingerprint density at radius 1 is 1.11 bits per heavy atom. The summed E-state index contributed by atoms with van der Waals surface area (Å²) in [5, 5.41) is 5.20. The number of hydrogen-bond acceptors (Lipinski definition) is 3. The second-order valence-corrected chi connectivity index (χ2v) is 6.09. The van der Waals surface area contributed by atoms with Gasteiger partial charge < -0.3 is 4.90 Å². The Morgan fingerprint density at radius 3 is 2.63 bits per heavy atom. The largest absolute Gasteiger partial charge is 0.368 e. The zero-order valence-electron chi connectivity index (χ0n) is 10.8. The van der Waals surface area contributed by atoms with Gasteiger partial charge in [-0.25, -0.2) is 0 Å². The lowest BCUT2D eigenvalue weighted by Crippen LogP contribution is -2.45. The number of halogens is 1. The number of thiophene rings is 1. The Balaban J connectivity index is 1.56. The topological polar surface area (TPSA) is 6.48 Å². The molecule has 0 bridgehead atoms. The molecule has 1 aromatic heterocycles. The zero-order valence-corrected chi connectivity index (χ0v) is 12.3. The first kappa shape index (κ1) is 13.0. The van der Waals surface area contributed by atoms with Crippen LogP contribution in [-0.4, -0.2) is 31.1 Å². The second kappa shape index (κ2) is 5.95. The molecule has 1 aliphatic heterocycles. The van der Waals surface area contributed by atoms with Gasteiger partial charge in [0, 0.05) is 48.8 Å². The van der Waals surface area contributed by atoms with E-state index in [1.165, 1.54) is 11.3 Å². The van der Waals surface area contributed by atoms with E-state index in [0.717, 1.165) is 37.7 Å². The summed E-state index contributed by atoms with van der Waals surface area (Å²) < 4.78 is 0. The molecule has 1 saturated heterocycles. The number of rotatable bonds is 3. The van der Waals surface area contributed by atoms with Crippen LogP contribution in [0.2, 0.25) is 5.02 Å². The Labute approximate surface area is 123 Å². The highest BCUT2D eigenvalue weighted by atomic mass is 35.5. The third kappa shape index (κ3) is 3.30. The molecule has 19 heavy (non-hydrogen) atoms. The number of hydrogen-bond donors (Lipinski definition) is 0. The van der Waals surface area contributed by atoms with Gasteiger partial charge >= 0.3 is 0 Å². The summed E-state index contributed by atoms with van der Waals surface area (Å²) in [6, 6.07) is 10.4. The van der Waals surface area contributed by atoms with Crippen LogP contribution in [0.1, 0.15) is 5.56 Å². The van der Waals surface area contributed by atoms with E-state index in [-0.39, 0.29) is 0 Å². The summed E-state index contributed by atoms with van der Waals surface area (Å²) in [4.78, 5) is 4.96. The molecule has 3 rings (SSSR count). The first-order valence-corrected chi connectivity index (χ1v) is 7.87. The van der Waals surface area contributed by atoms with Gasteiger partial charge in [-0.2, -0.15) is 11.3 Å². The molecule has 2 heterocycles. The van der Waals surface area contributed by atoms with Crippen molar-refractivity contribution in [2.24, 2.45) is 0 Å². The maximum absolute atomic E-state index is 6.03. The minimum Gasteiger partial charge on any atom is -0.368 e. The van der Waals surface area contributed by atoms with Gasteiger partial charge in [-0.3, -0.25) is 4.90 Å². The molecule has 2 nitrogen and oxygen atoms in total. The van der Waals surface area contributed by atoms with E-state index >= 15 is 0 Å².